The molecule has 0 saturated carbocycles. The molecule has 2 nitrogen and oxygen atoms in total. The maximum atomic E-state index is 2.51. The molecule has 0 aliphatic heterocycles. The Morgan fingerprint density at radius 1 is 0.600 bits per heavy atom. The van der Waals surface area contributed by atoms with Crippen molar-refractivity contribution in [3.63, 3.8) is 0 Å². The fourth-order valence-electron chi connectivity index (χ4n) is 1.55. The predicted octanol–water partition coefficient (Wildman–Crippen LogP) is 3.79. The molecule has 0 aromatic rings. The number of rotatable bonds is 10. The van der Waals surface area contributed by atoms with E-state index in [4.69, 9.17) is 0 Å². The van der Waals surface area contributed by atoms with E-state index in [1.54, 1.807) is 0 Å². The van der Waals surface area contributed by atoms with Crippen molar-refractivity contribution in [1.82, 2.24) is 8.61 Å². The lowest BCUT2D eigenvalue weighted by molar-refractivity contribution is 0.406. The SMILES string of the molecule is CCCN(CCC)SN(CCC)CCC. The second kappa shape index (κ2) is 10.8. The Labute approximate surface area is 101 Å². The second-order valence-electron chi connectivity index (χ2n) is 3.94. The molecule has 0 spiro atoms. The predicted molar refractivity (Wildman–Crippen MR) is 71.9 cm³/mol. The van der Waals surface area contributed by atoms with Crippen LogP contribution in [0.2, 0.25) is 0 Å². The van der Waals surface area contributed by atoms with Crippen molar-refractivity contribution in [3.05, 3.63) is 0 Å². The van der Waals surface area contributed by atoms with Crippen LogP contribution in [0.15, 0.2) is 0 Å². The van der Waals surface area contributed by atoms with Crippen LogP contribution in [0.3, 0.4) is 0 Å². The van der Waals surface area contributed by atoms with E-state index in [2.05, 4.69) is 36.3 Å². The van der Waals surface area contributed by atoms with Crippen molar-refractivity contribution in [1.29, 1.82) is 0 Å². The van der Waals surface area contributed by atoms with Crippen LogP contribution in [-0.4, -0.2) is 34.8 Å². The summed E-state index contributed by atoms with van der Waals surface area (Å²) in [4.78, 5) is 0. The molecule has 0 amide bonds. The standard InChI is InChI=1S/C12H28N2S/c1-5-9-13(10-6-2)15-14(11-7-3)12-8-4/h5-12H2,1-4H3. The molecule has 0 unspecified atom stereocenters. The summed E-state index contributed by atoms with van der Waals surface area (Å²) in [6.45, 7) is 13.9. The molecule has 0 atom stereocenters. The Balaban J connectivity index is 3.93. The van der Waals surface area contributed by atoms with Crippen molar-refractivity contribution >= 4 is 12.1 Å². The van der Waals surface area contributed by atoms with Crippen molar-refractivity contribution in [2.24, 2.45) is 0 Å². The highest BCUT2D eigenvalue weighted by atomic mass is 32.2. The quantitative estimate of drug-likeness (QED) is 0.529. The molecular formula is C12H28N2S. The molecule has 0 radical (unpaired) electrons. The van der Waals surface area contributed by atoms with Crippen LogP contribution in [0.5, 0.6) is 0 Å². The van der Waals surface area contributed by atoms with Crippen LogP contribution in [0.1, 0.15) is 53.4 Å². The van der Waals surface area contributed by atoms with Gasteiger partial charge in [-0.3, -0.25) is 0 Å². The van der Waals surface area contributed by atoms with Crippen LogP contribution >= 0.6 is 12.1 Å². The molecule has 0 aliphatic carbocycles. The smallest absolute Gasteiger partial charge is 0.00987 e. The Morgan fingerprint density at radius 2 is 0.867 bits per heavy atom. The minimum atomic E-state index is 1.21. The zero-order valence-corrected chi connectivity index (χ0v) is 11.8. The van der Waals surface area contributed by atoms with Gasteiger partial charge in [-0.2, -0.15) is 0 Å². The molecule has 0 N–H and O–H groups in total. The van der Waals surface area contributed by atoms with Crippen molar-refractivity contribution in [3.8, 4) is 0 Å². The first-order valence-corrected chi connectivity index (χ1v) is 7.19. The maximum Gasteiger partial charge on any atom is 0.00987 e. The van der Waals surface area contributed by atoms with Gasteiger partial charge >= 0.3 is 0 Å². The third-order valence-electron chi connectivity index (χ3n) is 2.12. The van der Waals surface area contributed by atoms with Gasteiger partial charge in [-0.25, -0.2) is 8.61 Å². The van der Waals surface area contributed by atoms with Gasteiger partial charge in [0.15, 0.2) is 0 Å². The van der Waals surface area contributed by atoms with E-state index < -0.39 is 0 Å². The number of hydrogen-bond acceptors (Lipinski definition) is 3. The average Bonchev–Trinajstić information content (AvgIpc) is 2.19. The van der Waals surface area contributed by atoms with Crippen molar-refractivity contribution < 1.29 is 0 Å². The van der Waals surface area contributed by atoms with E-state index in [0.29, 0.717) is 0 Å². The normalized spacial score (nSPS) is 11.6. The molecule has 0 bridgehead atoms. The lowest BCUT2D eigenvalue weighted by Crippen LogP contribution is -2.27. The highest BCUT2D eigenvalue weighted by Gasteiger charge is 2.09. The van der Waals surface area contributed by atoms with Gasteiger partial charge in [-0.05, 0) is 25.7 Å². The largest absolute Gasteiger partial charge is 0.237 e. The summed E-state index contributed by atoms with van der Waals surface area (Å²) in [5, 5.41) is 0. The van der Waals surface area contributed by atoms with E-state index in [9.17, 15) is 0 Å². The molecule has 3 heteroatoms. The Morgan fingerprint density at radius 3 is 1.07 bits per heavy atom. The monoisotopic (exact) mass is 232 g/mol. The van der Waals surface area contributed by atoms with Gasteiger partial charge in [-0.1, -0.05) is 27.7 Å². The maximum absolute atomic E-state index is 2.51. The third-order valence-corrected chi connectivity index (χ3v) is 3.32. The molecular weight excluding hydrogens is 204 g/mol. The first-order chi connectivity index (χ1) is 7.28. The summed E-state index contributed by atoms with van der Waals surface area (Å²) in [5.41, 5.74) is 0. The molecule has 0 saturated heterocycles. The second-order valence-corrected chi connectivity index (χ2v) is 5.14. The van der Waals surface area contributed by atoms with E-state index in [0.717, 1.165) is 0 Å². The fraction of sp³-hybridized carbons (Fsp3) is 1.00. The molecule has 92 valence electrons. The summed E-state index contributed by atoms with van der Waals surface area (Å²) < 4.78 is 5.01. The van der Waals surface area contributed by atoms with Crippen LogP contribution in [0.25, 0.3) is 0 Å². The summed E-state index contributed by atoms with van der Waals surface area (Å²) in [6, 6.07) is 0. The van der Waals surface area contributed by atoms with E-state index >= 15 is 0 Å². The van der Waals surface area contributed by atoms with Gasteiger partial charge in [-0.15, -0.1) is 0 Å². The van der Waals surface area contributed by atoms with Gasteiger partial charge < -0.3 is 0 Å². The average molecular weight is 232 g/mol. The molecule has 0 aromatic carbocycles. The molecule has 0 aliphatic rings. The summed E-state index contributed by atoms with van der Waals surface area (Å²) in [7, 11) is 0. The zero-order chi connectivity index (χ0) is 11.5. The van der Waals surface area contributed by atoms with E-state index in [-0.39, 0.29) is 0 Å². The van der Waals surface area contributed by atoms with Crippen LogP contribution in [-0.2, 0) is 0 Å². The minimum absolute atomic E-state index is 1.21. The van der Waals surface area contributed by atoms with Gasteiger partial charge in [0.2, 0.25) is 0 Å². The first-order valence-electron chi connectivity index (χ1n) is 6.46. The van der Waals surface area contributed by atoms with Crippen LogP contribution in [0.4, 0.5) is 0 Å². The van der Waals surface area contributed by atoms with E-state index in [1.807, 2.05) is 12.1 Å². The Hall–Kier alpha value is 0.270. The van der Waals surface area contributed by atoms with Gasteiger partial charge in [0.05, 0.1) is 0 Å². The molecule has 0 heterocycles. The minimum Gasteiger partial charge on any atom is -0.237 e. The van der Waals surface area contributed by atoms with E-state index in [1.165, 1.54) is 51.9 Å². The Kier molecular flexibility index (Phi) is 11.0. The topological polar surface area (TPSA) is 6.48 Å². The number of hydrogen-bond donors (Lipinski definition) is 0. The van der Waals surface area contributed by atoms with Gasteiger partial charge in [0, 0.05) is 38.3 Å². The summed E-state index contributed by atoms with van der Waals surface area (Å²) in [5.74, 6) is 0. The molecule has 0 aromatic heterocycles. The van der Waals surface area contributed by atoms with Crippen LogP contribution in [0, 0.1) is 0 Å². The zero-order valence-electron chi connectivity index (χ0n) is 11.0. The molecule has 0 fully saturated rings. The fourth-order valence-corrected chi connectivity index (χ4v) is 2.93. The number of nitrogens with zero attached hydrogens (tertiary/aromatic N) is 2. The molecule has 15 heavy (non-hydrogen) atoms. The third kappa shape index (κ3) is 8.12. The first kappa shape index (κ1) is 15.3. The highest BCUT2D eigenvalue weighted by Crippen LogP contribution is 2.17. The molecule has 0 rings (SSSR count). The lowest BCUT2D eigenvalue weighted by Gasteiger charge is -2.27. The van der Waals surface area contributed by atoms with Crippen molar-refractivity contribution in [2.45, 2.75) is 53.4 Å². The lowest BCUT2D eigenvalue weighted by atomic mass is 10.4. The van der Waals surface area contributed by atoms with Gasteiger partial charge in [0.1, 0.15) is 0 Å². The van der Waals surface area contributed by atoms with Crippen molar-refractivity contribution in [2.75, 3.05) is 26.2 Å². The Bertz CT molecular complexity index is 105. The summed E-state index contributed by atoms with van der Waals surface area (Å²) in [6.07, 6.45) is 5.00. The summed E-state index contributed by atoms with van der Waals surface area (Å²) >= 11 is 1.95. The highest BCUT2D eigenvalue weighted by molar-refractivity contribution is 7.94. The van der Waals surface area contributed by atoms with Gasteiger partial charge in [0.25, 0.3) is 0 Å². The van der Waals surface area contributed by atoms with Crippen LogP contribution < -0.4 is 0 Å².